The van der Waals surface area contributed by atoms with Gasteiger partial charge in [0.25, 0.3) is 0 Å². The number of ether oxygens (including phenoxy) is 1. The lowest BCUT2D eigenvalue weighted by molar-refractivity contribution is 0.111. The van der Waals surface area contributed by atoms with Crippen molar-refractivity contribution in [2.45, 2.75) is 6.42 Å². The molecule has 18 heavy (non-hydrogen) atoms. The molecule has 2 aromatic rings. The first-order chi connectivity index (χ1) is 8.72. The molecule has 0 amide bonds. The molecule has 0 spiro atoms. The van der Waals surface area contributed by atoms with Gasteiger partial charge in [0.05, 0.1) is 17.2 Å². The fourth-order valence-corrected chi connectivity index (χ4v) is 1.91. The Morgan fingerprint density at radius 2 is 2.28 bits per heavy atom. The Labute approximate surface area is 110 Å². The Bertz CT molecular complexity index is 552. The Kier molecular flexibility index (Phi) is 3.99. The van der Waals surface area contributed by atoms with E-state index in [1.807, 2.05) is 13.1 Å². The molecule has 1 heterocycles. The smallest absolute Gasteiger partial charge is 0.153 e. The zero-order chi connectivity index (χ0) is 13.0. The number of nitrogens with zero attached hydrogens (tertiary/aromatic N) is 2. The summed E-state index contributed by atoms with van der Waals surface area (Å²) in [5.41, 5.74) is 1.53. The van der Waals surface area contributed by atoms with Gasteiger partial charge in [0.2, 0.25) is 0 Å². The van der Waals surface area contributed by atoms with Crippen LogP contribution >= 0.6 is 11.6 Å². The van der Waals surface area contributed by atoms with Crippen LogP contribution in [-0.4, -0.2) is 22.7 Å². The molecule has 0 bridgehead atoms. The highest BCUT2D eigenvalue weighted by atomic mass is 35.5. The number of carbonyl (C=O) groups excluding carboxylic acids is 1. The number of para-hydroxylation sites is 1. The standard InChI is InChI=1S/C13H13ClN2O2/c1-16-11(5-7-15-16)6-8-18-13-10(9-17)3-2-4-12(13)14/h2-5,7,9H,6,8H2,1H3. The fourth-order valence-electron chi connectivity index (χ4n) is 1.67. The number of hydrogen-bond acceptors (Lipinski definition) is 3. The zero-order valence-electron chi connectivity index (χ0n) is 9.97. The van der Waals surface area contributed by atoms with Crippen LogP contribution in [0.3, 0.4) is 0 Å². The number of benzene rings is 1. The molecule has 0 aliphatic carbocycles. The van der Waals surface area contributed by atoms with E-state index in [1.165, 1.54) is 0 Å². The van der Waals surface area contributed by atoms with Gasteiger partial charge in [-0.05, 0) is 18.2 Å². The molecular formula is C13H13ClN2O2. The van der Waals surface area contributed by atoms with E-state index in [0.29, 0.717) is 29.4 Å². The van der Waals surface area contributed by atoms with Crippen molar-refractivity contribution >= 4 is 17.9 Å². The molecule has 2 rings (SSSR count). The minimum Gasteiger partial charge on any atom is -0.491 e. The Morgan fingerprint density at radius 1 is 1.44 bits per heavy atom. The van der Waals surface area contributed by atoms with Crippen LogP contribution in [0.5, 0.6) is 5.75 Å². The van der Waals surface area contributed by atoms with E-state index in [4.69, 9.17) is 16.3 Å². The summed E-state index contributed by atoms with van der Waals surface area (Å²) in [6.07, 6.45) is 3.19. The van der Waals surface area contributed by atoms with E-state index in [1.54, 1.807) is 29.1 Å². The topological polar surface area (TPSA) is 44.1 Å². The third kappa shape index (κ3) is 2.71. The van der Waals surface area contributed by atoms with Crippen molar-refractivity contribution in [2.24, 2.45) is 7.05 Å². The van der Waals surface area contributed by atoms with Crippen LogP contribution in [0.4, 0.5) is 0 Å². The summed E-state index contributed by atoms with van der Waals surface area (Å²) in [7, 11) is 1.88. The molecule has 1 aromatic carbocycles. The maximum atomic E-state index is 10.9. The summed E-state index contributed by atoms with van der Waals surface area (Å²) in [5, 5.41) is 4.52. The van der Waals surface area contributed by atoms with Gasteiger partial charge >= 0.3 is 0 Å². The number of rotatable bonds is 5. The SMILES string of the molecule is Cn1nccc1CCOc1c(Cl)cccc1C=O. The number of carbonyl (C=O) groups is 1. The van der Waals surface area contributed by atoms with Crippen molar-refractivity contribution in [1.82, 2.24) is 9.78 Å². The first-order valence-electron chi connectivity index (χ1n) is 5.55. The predicted molar refractivity (Wildman–Crippen MR) is 69.2 cm³/mol. The monoisotopic (exact) mass is 264 g/mol. The van der Waals surface area contributed by atoms with Crippen LogP contribution in [0, 0.1) is 0 Å². The van der Waals surface area contributed by atoms with Gasteiger partial charge in [-0.3, -0.25) is 9.48 Å². The van der Waals surface area contributed by atoms with Gasteiger partial charge in [-0.1, -0.05) is 17.7 Å². The van der Waals surface area contributed by atoms with Crippen LogP contribution in [0.15, 0.2) is 30.5 Å². The highest BCUT2D eigenvalue weighted by Crippen LogP contribution is 2.27. The van der Waals surface area contributed by atoms with E-state index in [9.17, 15) is 4.79 Å². The van der Waals surface area contributed by atoms with Gasteiger partial charge in [0, 0.05) is 25.4 Å². The van der Waals surface area contributed by atoms with Crippen molar-refractivity contribution in [2.75, 3.05) is 6.61 Å². The molecular weight excluding hydrogens is 252 g/mol. The predicted octanol–water partition coefficient (Wildman–Crippen LogP) is 2.51. The lowest BCUT2D eigenvalue weighted by Gasteiger charge is -2.10. The van der Waals surface area contributed by atoms with Crippen molar-refractivity contribution in [1.29, 1.82) is 0 Å². The molecule has 4 nitrogen and oxygen atoms in total. The number of aldehydes is 1. The summed E-state index contributed by atoms with van der Waals surface area (Å²) in [6, 6.07) is 7.03. The molecule has 0 aliphatic rings. The van der Waals surface area contributed by atoms with Crippen molar-refractivity contribution < 1.29 is 9.53 Å². The quantitative estimate of drug-likeness (QED) is 0.780. The number of hydrogen-bond donors (Lipinski definition) is 0. The minimum absolute atomic E-state index is 0.441. The Morgan fingerprint density at radius 3 is 2.94 bits per heavy atom. The fraction of sp³-hybridized carbons (Fsp3) is 0.231. The van der Waals surface area contributed by atoms with E-state index < -0.39 is 0 Å². The third-order valence-corrected chi connectivity index (χ3v) is 2.95. The second-order valence-electron chi connectivity index (χ2n) is 3.82. The molecule has 0 saturated heterocycles. The molecule has 94 valence electrons. The molecule has 5 heteroatoms. The highest BCUT2D eigenvalue weighted by Gasteiger charge is 2.08. The largest absolute Gasteiger partial charge is 0.491 e. The maximum Gasteiger partial charge on any atom is 0.153 e. The second-order valence-corrected chi connectivity index (χ2v) is 4.23. The normalized spacial score (nSPS) is 10.3. The lowest BCUT2D eigenvalue weighted by atomic mass is 10.2. The zero-order valence-corrected chi connectivity index (χ0v) is 10.7. The summed E-state index contributed by atoms with van der Waals surface area (Å²) < 4.78 is 7.37. The Balaban J connectivity index is 2.02. The lowest BCUT2D eigenvalue weighted by Crippen LogP contribution is -2.07. The van der Waals surface area contributed by atoms with Gasteiger partial charge in [-0.25, -0.2) is 0 Å². The maximum absolute atomic E-state index is 10.9. The minimum atomic E-state index is 0.441. The van der Waals surface area contributed by atoms with E-state index in [-0.39, 0.29) is 0 Å². The number of aryl methyl sites for hydroxylation is 1. The highest BCUT2D eigenvalue weighted by molar-refractivity contribution is 6.32. The average molecular weight is 265 g/mol. The summed E-state index contributed by atoms with van der Waals surface area (Å²) in [6.45, 7) is 0.449. The van der Waals surface area contributed by atoms with Gasteiger partial charge in [-0.15, -0.1) is 0 Å². The van der Waals surface area contributed by atoms with Crippen LogP contribution < -0.4 is 4.74 Å². The molecule has 0 fully saturated rings. The molecule has 0 aliphatic heterocycles. The van der Waals surface area contributed by atoms with E-state index in [2.05, 4.69) is 5.10 Å². The van der Waals surface area contributed by atoms with E-state index in [0.717, 1.165) is 12.0 Å². The van der Waals surface area contributed by atoms with Crippen LogP contribution in [-0.2, 0) is 13.5 Å². The van der Waals surface area contributed by atoms with Crippen LogP contribution in [0.2, 0.25) is 5.02 Å². The second kappa shape index (κ2) is 5.69. The molecule has 0 unspecified atom stereocenters. The third-order valence-electron chi connectivity index (χ3n) is 2.65. The van der Waals surface area contributed by atoms with Gasteiger partial charge < -0.3 is 4.74 Å². The van der Waals surface area contributed by atoms with Gasteiger partial charge in [-0.2, -0.15) is 5.10 Å². The van der Waals surface area contributed by atoms with Gasteiger partial charge in [0.1, 0.15) is 5.75 Å². The summed E-state index contributed by atoms with van der Waals surface area (Å²) in [5.74, 6) is 0.441. The van der Waals surface area contributed by atoms with Crippen LogP contribution in [0.1, 0.15) is 16.1 Å². The average Bonchev–Trinajstić information content (AvgIpc) is 2.77. The molecule has 0 radical (unpaired) electrons. The van der Waals surface area contributed by atoms with Crippen molar-refractivity contribution in [3.05, 3.63) is 46.7 Å². The van der Waals surface area contributed by atoms with E-state index >= 15 is 0 Å². The van der Waals surface area contributed by atoms with Crippen molar-refractivity contribution in [3.8, 4) is 5.75 Å². The molecule has 0 atom stereocenters. The van der Waals surface area contributed by atoms with Gasteiger partial charge in [0.15, 0.2) is 6.29 Å². The molecule has 1 aromatic heterocycles. The molecule has 0 N–H and O–H groups in total. The molecule has 0 saturated carbocycles. The number of halogens is 1. The summed E-state index contributed by atoms with van der Waals surface area (Å²) >= 11 is 6.00. The number of aromatic nitrogens is 2. The van der Waals surface area contributed by atoms with Crippen LogP contribution in [0.25, 0.3) is 0 Å². The Hall–Kier alpha value is -1.81. The van der Waals surface area contributed by atoms with Crippen molar-refractivity contribution in [3.63, 3.8) is 0 Å². The first-order valence-corrected chi connectivity index (χ1v) is 5.93. The first kappa shape index (κ1) is 12.6. The summed E-state index contributed by atoms with van der Waals surface area (Å²) in [4.78, 5) is 10.9.